The van der Waals surface area contributed by atoms with Crippen LogP contribution in [0.25, 0.3) is 0 Å². The fourth-order valence-corrected chi connectivity index (χ4v) is 2.02. The first-order valence-corrected chi connectivity index (χ1v) is 5.97. The molecule has 0 amide bonds. The summed E-state index contributed by atoms with van der Waals surface area (Å²) in [5.41, 5.74) is 7.44. The molecule has 0 saturated carbocycles. The average molecular weight is 248 g/mol. The highest BCUT2D eigenvalue weighted by Gasteiger charge is 2.14. The summed E-state index contributed by atoms with van der Waals surface area (Å²) < 4.78 is 5.16. The van der Waals surface area contributed by atoms with Crippen molar-refractivity contribution in [3.8, 4) is 0 Å². The Hall–Kier alpha value is -1.88. The van der Waals surface area contributed by atoms with Crippen LogP contribution in [0.4, 0.5) is 5.69 Å². The van der Waals surface area contributed by atoms with Gasteiger partial charge in [-0.05, 0) is 18.6 Å². The Bertz CT molecular complexity index is 503. The third-order valence-electron chi connectivity index (χ3n) is 2.32. The van der Waals surface area contributed by atoms with Gasteiger partial charge in [0.1, 0.15) is 11.6 Å². The summed E-state index contributed by atoms with van der Waals surface area (Å²) in [5.74, 6) is -0.407. The number of anilines is 1. The summed E-state index contributed by atoms with van der Waals surface area (Å²) in [7, 11) is 0. The van der Waals surface area contributed by atoms with Gasteiger partial charge in [0.2, 0.25) is 0 Å². The largest absolute Gasteiger partial charge is 0.455 e. The maximum Gasteiger partial charge on any atom is 0.340 e. The molecule has 0 aliphatic rings. The number of carbonyl (C=O) groups is 1. The lowest BCUT2D eigenvalue weighted by molar-refractivity contribution is 0.0473. The summed E-state index contributed by atoms with van der Waals surface area (Å²) in [6, 6.07) is 5.33. The molecule has 0 atom stereocenters. The molecular weight excluding hydrogens is 236 g/mol. The summed E-state index contributed by atoms with van der Waals surface area (Å²) in [4.78, 5) is 15.9. The van der Waals surface area contributed by atoms with Gasteiger partial charge in [0, 0.05) is 17.3 Å². The molecule has 2 aromatic rings. The zero-order chi connectivity index (χ0) is 12.3. The van der Waals surface area contributed by atoms with Gasteiger partial charge in [-0.15, -0.1) is 11.3 Å². The van der Waals surface area contributed by atoms with Crippen molar-refractivity contribution in [3.05, 3.63) is 45.9 Å². The zero-order valence-corrected chi connectivity index (χ0v) is 10.2. The molecule has 0 aliphatic heterocycles. The predicted molar refractivity (Wildman–Crippen MR) is 66.8 cm³/mol. The maximum absolute atomic E-state index is 11.9. The van der Waals surface area contributed by atoms with E-state index in [2.05, 4.69) is 4.98 Å². The Kier molecular flexibility index (Phi) is 3.39. The van der Waals surface area contributed by atoms with Gasteiger partial charge in [0.05, 0.1) is 5.56 Å². The number of nitrogen functional groups attached to an aromatic ring is 1. The van der Waals surface area contributed by atoms with Gasteiger partial charge in [-0.3, -0.25) is 0 Å². The Balaban J connectivity index is 2.10. The van der Waals surface area contributed by atoms with Gasteiger partial charge < -0.3 is 10.5 Å². The molecule has 0 unspecified atom stereocenters. The molecular formula is C12H12N2O2S. The lowest BCUT2D eigenvalue weighted by atomic mass is 10.1. The fourth-order valence-electron chi connectivity index (χ4n) is 1.49. The summed E-state index contributed by atoms with van der Waals surface area (Å²) in [6.07, 6.45) is 1.68. The number of thiazole rings is 1. The molecule has 5 heteroatoms. The van der Waals surface area contributed by atoms with Crippen LogP contribution in [0.5, 0.6) is 0 Å². The van der Waals surface area contributed by atoms with Gasteiger partial charge >= 0.3 is 5.97 Å². The minimum absolute atomic E-state index is 0.185. The number of esters is 1. The van der Waals surface area contributed by atoms with Crippen LogP contribution in [0.1, 0.15) is 20.9 Å². The van der Waals surface area contributed by atoms with Crippen molar-refractivity contribution < 1.29 is 9.53 Å². The molecule has 2 N–H and O–H groups in total. The van der Waals surface area contributed by atoms with Crippen LogP contribution in [-0.4, -0.2) is 11.0 Å². The first kappa shape index (κ1) is 11.6. The molecule has 0 radical (unpaired) electrons. The fraction of sp³-hybridized carbons (Fsp3) is 0.167. The summed E-state index contributed by atoms with van der Waals surface area (Å²) >= 11 is 1.45. The molecule has 4 nitrogen and oxygen atoms in total. The minimum Gasteiger partial charge on any atom is -0.455 e. The lowest BCUT2D eigenvalue weighted by Gasteiger charge is -2.08. The standard InChI is InChI=1S/C12H12N2O2S/c1-8-3-2-4-9(13)11(8)12(15)16-7-10-14-5-6-17-10/h2-6H,7,13H2,1H3. The van der Waals surface area contributed by atoms with Crippen LogP contribution in [0.2, 0.25) is 0 Å². The van der Waals surface area contributed by atoms with Crippen molar-refractivity contribution in [1.29, 1.82) is 0 Å². The van der Waals surface area contributed by atoms with E-state index in [1.165, 1.54) is 11.3 Å². The quantitative estimate of drug-likeness (QED) is 0.669. The number of ether oxygens (including phenoxy) is 1. The van der Waals surface area contributed by atoms with Crippen LogP contribution < -0.4 is 5.73 Å². The summed E-state index contributed by atoms with van der Waals surface area (Å²) in [5, 5.41) is 2.61. The molecule has 1 aromatic heterocycles. The SMILES string of the molecule is Cc1cccc(N)c1C(=O)OCc1nccs1. The second-order valence-electron chi connectivity index (χ2n) is 3.54. The highest BCUT2D eigenvalue weighted by molar-refractivity contribution is 7.09. The number of hydrogen-bond acceptors (Lipinski definition) is 5. The van der Waals surface area contributed by atoms with Crippen LogP contribution in [0, 0.1) is 6.92 Å². The molecule has 0 aliphatic carbocycles. The van der Waals surface area contributed by atoms with E-state index < -0.39 is 5.97 Å². The van der Waals surface area contributed by atoms with Gasteiger partial charge in [-0.2, -0.15) is 0 Å². The number of rotatable bonds is 3. The molecule has 0 saturated heterocycles. The number of aromatic nitrogens is 1. The van der Waals surface area contributed by atoms with Crippen molar-refractivity contribution >= 4 is 23.0 Å². The highest BCUT2D eigenvalue weighted by atomic mass is 32.1. The molecule has 0 spiro atoms. The second-order valence-corrected chi connectivity index (χ2v) is 4.52. The van der Waals surface area contributed by atoms with Gasteiger partial charge in [-0.25, -0.2) is 9.78 Å². The topological polar surface area (TPSA) is 65.2 Å². The number of nitrogens with two attached hydrogens (primary N) is 1. The first-order chi connectivity index (χ1) is 8.18. The third-order valence-corrected chi connectivity index (χ3v) is 3.07. The van der Waals surface area contributed by atoms with E-state index >= 15 is 0 Å². The molecule has 1 heterocycles. The van der Waals surface area contributed by atoms with Crippen LogP contribution in [-0.2, 0) is 11.3 Å². The Morgan fingerprint density at radius 2 is 2.35 bits per heavy atom. The van der Waals surface area contributed by atoms with Crippen LogP contribution >= 0.6 is 11.3 Å². The van der Waals surface area contributed by atoms with Crippen LogP contribution in [0.3, 0.4) is 0 Å². The maximum atomic E-state index is 11.9. The molecule has 0 bridgehead atoms. The average Bonchev–Trinajstić information content (AvgIpc) is 2.79. The smallest absolute Gasteiger partial charge is 0.340 e. The molecule has 17 heavy (non-hydrogen) atoms. The van der Waals surface area contributed by atoms with Crippen molar-refractivity contribution in [3.63, 3.8) is 0 Å². The Morgan fingerprint density at radius 3 is 3.00 bits per heavy atom. The minimum atomic E-state index is -0.407. The molecule has 0 fully saturated rings. The van der Waals surface area contributed by atoms with Gasteiger partial charge in [-0.1, -0.05) is 12.1 Å². The zero-order valence-electron chi connectivity index (χ0n) is 9.34. The first-order valence-electron chi connectivity index (χ1n) is 5.09. The Morgan fingerprint density at radius 1 is 1.53 bits per heavy atom. The molecule has 1 aromatic carbocycles. The van der Waals surface area contributed by atoms with E-state index in [1.807, 2.05) is 24.4 Å². The number of hydrogen-bond donors (Lipinski definition) is 1. The van der Waals surface area contributed by atoms with E-state index in [4.69, 9.17) is 10.5 Å². The van der Waals surface area contributed by atoms with Crippen molar-refractivity contribution in [1.82, 2.24) is 4.98 Å². The van der Waals surface area contributed by atoms with Crippen LogP contribution in [0.15, 0.2) is 29.8 Å². The number of nitrogens with zero attached hydrogens (tertiary/aromatic N) is 1. The normalized spacial score (nSPS) is 10.2. The van der Waals surface area contributed by atoms with E-state index in [-0.39, 0.29) is 6.61 Å². The molecule has 2 rings (SSSR count). The molecule has 88 valence electrons. The Labute approximate surface area is 103 Å². The van der Waals surface area contributed by atoms with Gasteiger partial charge in [0.15, 0.2) is 0 Å². The third kappa shape index (κ3) is 2.62. The lowest BCUT2D eigenvalue weighted by Crippen LogP contribution is -2.10. The summed E-state index contributed by atoms with van der Waals surface area (Å²) in [6.45, 7) is 2.01. The highest BCUT2D eigenvalue weighted by Crippen LogP contribution is 2.18. The van der Waals surface area contributed by atoms with Gasteiger partial charge in [0.25, 0.3) is 0 Å². The number of carbonyl (C=O) groups excluding carboxylic acids is 1. The van der Waals surface area contributed by atoms with E-state index in [0.717, 1.165) is 10.6 Å². The number of benzene rings is 1. The van der Waals surface area contributed by atoms with Crippen molar-refractivity contribution in [2.75, 3.05) is 5.73 Å². The monoisotopic (exact) mass is 248 g/mol. The second kappa shape index (κ2) is 4.97. The van der Waals surface area contributed by atoms with E-state index in [0.29, 0.717) is 11.3 Å². The van der Waals surface area contributed by atoms with E-state index in [9.17, 15) is 4.79 Å². The van der Waals surface area contributed by atoms with E-state index in [1.54, 1.807) is 12.3 Å². The predicted octanol–water partition coefficient (Wildman–Crippen LogP) is 2.39. The van der Waals surface area contributed by atoms with Crippen molar-refractivity contribution in [2.24, 2.45) is 0 Å². The van der Waals surface area contributed by atoms with Crippen molar-refractivity contribution in [2.45, 2.75) is 13.5 Å². The number of aryl methyl sites for hydroxylation is 1.